The zero-order valence-electron chi connectivity index (χ0n) is 10.5. The van der Waals surface area contributed by atoms with Crippen LogP contribution in [0.5, 0.6) is 5.75 Å². The maximum absolute atomic E-state index is 13.8. The van der Waals surface area contributed by atoms with Crippen LogP contribution < -0.4 is 10.5 Å². The molecule has 2 rings (SSSR count). The van der Waals surface area contributed by atoms with E-state index in [2.05, 4.69) is 15.9 Å². The highest BCUT2D eigenvalue weighted by Gasteiger charge is 2.12. The Labute approximate surface area is 124 Å². The number of nitrogens with two attached hydrogens (primary N) is 1. The molecule has 1 aromatic heterocycles. The first-order valence-corrected chi connectivity index (χ1v) is 7.62. The van der Waals surface area contributed by atoms with Crippen LogP contribution in [0.15, 0.2) is 34.1 Å². The minimum absolute atomic E-state index is 0.0277. The van der Waals surface area contributed by atoms with Gasteiger partial charge in [0.15, 0.2) is 11.6 Å². The molecule has 0 radical (unpaired) electrons. The molecule has 0 spiro atoms. The van der Waals surface area contributed by atoms with Crippen molar-refractivity contribution in [1.82, 2.24) is 0 Å². The molecule has 1 heterocycles. The highest BCUT2D eigenvalue weighted by Crippen LogP contribution is 2.26. The summed E-state index contributed by atoms with van der Waals surface area (Å²) in [5.74, 6) is -0.0295. The van der Waals surface area contributed by atoms with E-state index in [-0.39, 0.29) is 11.9 Å². The first kappa shape index (κ1) is 14.5. The summed E-state index contributed by atoms with van der Waals surface area (Å²) in [5.41, 5.74) is 6.58. The fraction of sp³-hybridized carbons (Fsp3) is 0.286. The van der Waals surface area contributed by atoms with Gasteiger partial charge in [0.25, 0.3) is 0 Å². The molecule has 2 aromatic rings. The van der Waals surface area contributed by atoms with E-state index in [1.807, 2.05) is 24.4 Å². The van der Waals surface area contributed by atoms with Crippen LogP contribution in [0.25, 0.3) is 0 Å². The van der Waals surface area contributed by atoms with Crippen molar-refractivity contribution in [2.45, 2.75) is 26.0 Å². The van der Waals surface area contributed by atoms with E-state index in [9.17, 15) is 4.39 Å². The molecule has 102 valence electrons. The SMILES string of the molecule is CC(N)Cc1cccc(F)c1OCc1cc(Br)cs1. The largest absolute Gasteiger partial charge is 0.485 e. The van der Waals surface area contributed by atoms with Gasteiger partial charge in [-0.25, -0.2) is 4.39 Å². The monoisotopic (exact) mass is 343 g/mol. The number of hydrogen-bond donors (Lipinski definition) is 1. The van der Waals surface area contributed by atoms with Crippen molar-refractivity contribution in [2.75, 3.05) is 0 Å². The lowest BCUT2D eigenvalue weighted by Crippen LogP contribution is -2.18. The van der Waals surface area contributed by atoms with Crippen LogP contribution in [0.2, 0.25) is 0 Å². The van der Waals surface area contributed by atoms with Gasteiger partial charge in [-0.05, 0) is 47.0 Å². The van der Waals surface area contributed by atoms with Gasteiger partial charge >= 0.3 is 0 Å². The maximum Gasteiger partial charge on any atom is 0.165 e. The van der Waals surface area contributed by atoms with Gasteiger partial charge in [0.05, 0.1) is 0 Å². The zero-order chi connectivity index (χ0) is 13.8. The van der Waals surface area contributed by atoms with Crippen LogP contribution >= 0.6 is 27.3 Å². The number of rotatable bonds is 5. The molecule has 0 amide bonds. The summed E-state index contributed by atoms with van der Waals surface area (Å²) in [6.07, 6.45) is 0.598. The molecule has 2 nitrogen and oxygen atoms in total. The van der Waals surface area contributed by atoms with Gasteiger partial charge in [0.1, 0.15) is 6.61 Å². The topological polar surface area (TPSA) is 35.2 Å². The Kier molecular flexibility index (Phi) is 4.96. The van der Waals surface area contributed by atoms with Gasteiger partial charge in [0.2, 0.25) is 0 Å². The summed E-state index contributed by atoms with van der Waals surface area (Å²) in [4.78, 5) is 1.04. The zero-order valence-corrected chi connectivity index (χ0v) is 12.9. The summed E-state index contributed by atoms with van der Waals surface area (Å²) < 4.78 is 20.5. The van der Waals surface area contributed by atoms with Crippen molar-refractivity contribution in [3.63, 3.8) is 0 Å². The van der Waals surface area contributed by atoms with Gasteiger partial charge in [-0.2, -0.15) is 0 Å². The molecule has 1 atom stereocenters. The van der Waals surface area contributed by atoms with Gasteiger partial charge < -0.3 is 10.5 Å². The third-order valence-corrected chi connectivity index (χ3v) is 4.24. The van der Waals surface area contributed by atoms with Crippen LogP contribution in [-0.2, 0) is 13.0 Å². The van der Waals surface area contributed by atoms with E-state index in [1.54, 1.807) is 17.4 Å². The lowest BCUT2D eigenvalue weighted by molar-refractivity contribution is 0.289. The number of benzene rings is 1. The Bertz CT molecular complexity index is 556. The molecule has 0 aliphatic carbocycles. The predicted octanol–water partition coefficient (Wildman–Crippen LogP) is 4.12. The summed E-state index contributed by atoms with van der Waals surface area (Å²) in [5, 5.41) is 1.98. The Morgan fingerprint density at radius 2 is 2.26 bits per heavy atom. The summed E-state index contributed by atoms with van der Waals surface area (Å²) >= 11 is 4.96. The fourth-order valence-corrected chi connectivity index (χ4v) is 3.16. The average Bonchev–Trinajstić information content (AvgIpc) is 2.73. The molecule has 1 aromatic carbocycles. The van der Waals surface area contributed by atoms with Crippen LogP contribution in [0, 0.1) is 5.82 Å². The average molecular weight is 344 g/mol. The molecule has 0 aliphatic heterocycles. The molecule has 1 unspecified atom stereocenters. The predicted molar refractivity (Wildman–Crippen MR) is 80.1 cm³/mol. The molecular weight excluding hydrogens is 329 g/mol. The summed E-state index contributed by atoms with van der Waals surface area (Å²) in [6.45, 7) is 2.26. The van der Waals surface area contributed by atoms with E-state index in [0.29, 0.717) is 18.8 Å². The van der Waals surface area contributed by atoms with E-state index in [1.165, 1.54) is 6.07 Å². The molecule has 0 bridgehead atoms. The number of para-hydroxylation sites is 1. The highest BCUT2D eigenvalue weighted by molar-refractivity contribution is 9.10. The Hall–Kier alpha value is -0.910. The quantitative estimate of drug-likeness (QED) is 0.886. The van der Waals surface area contributed by atoms with Crippen molar-refractivity contribution < 1.29 is 9.13 Å². The summed E-state index contributed by atoms with van der Waals surface area (Å²) in [7, 11) is 0. The van der Waals surface area contributed by atoms with Gasteiger partial charge in [0, 0.05) is 20.8 Å². The van der Waals surface area contributed by atoms with Crippen molar-refractivity contribution in [1.29, 1.82) is 0 Å². The molecular formula is C14H15BrFNOS. The Morgan fingerprint density at radius 3 is 2.89 bits per heavy atom. The first-order valence-electron chi connectivity index (χ1n) is 5.95. The third-order valence-electron chi connectivity index (χ3n) is 2.57. The molecule has 2 N–H and O–H groups in total. The van der Waals surface area contributed by atoms with Crippen LogP contribution in [-0.4, -0.2) is 6.04 Å². The maximum atomic E-state index is 13.8. The van der Waals surface area contributed by atoms with E-state index < -0.39 is 0 Å². The normalized spacial score (nSPS) is 12.4. The van der Waals surface area contributed by atoms with Crippen molar-refractivity contribution >= 4 is 27.3 Å². The molecule has 0 saturated carbocycles. The number of hydrogen-bond acceptors (Lipinski definition) is 3. The van der Waals surface area contributed by atoms with Gasteiger partial charge in [-0.3, -0.25) is 0 Å². The Balaban J connectivity index is 2.14. The second-order valence-corrected chi connectivity index (χ2v) is 6.34. The molecule has 0 saturated heterocycles. The lowest BCUT2D eigenvalue weighted by Gasteiger charge is -2.13. The van der Waals surface area contributed by atoms with E-state index >= 15 is 0 Å². The number of ether oxygens (including phenoxy) is 1. The molecule has 0 fully saturated rings. The van der Waals surface area contributed by atoms with Crippen LogP contribution in [0.3, 0.4) is 0 Å². The molecule has 19 heavy (non-hydrogen) atoms. The highest BCUT2D eigenvalue weighted by atomic mass is 79.9. The lowest BCUT2D eigenvalue weighted by atomic mass is 10.1. The molecule has 5 heteroatoms. The van der Waals surface area contributed by atoms with Crippen LogP contribution in [0.4, 0.5) is 4.39 Å². The van der Waals surface area contributed by atoms with Gasteiger partial charge in [-0.15, -0.1) is 11.3 Å². The van der Waals surface area contributed by atoms with Gasteiger partial charge in [-0.1, -0.05) is 12.1 Å². The minimum Gasteiger partial charge on any atom is -0.485 e. The smallest absolute Gasteiger partial charge is 0.165 e. The third kappa shape index (κ3) is 4.03. The number of halogens is 2. The fourth-order valence-electron chi connectivity index (χ4n) is 1.80. The number of thiophene rings is 1. The van der Waals surface area contributed by atoms with Crippen molar-refractivity contribution in [3.8, 4) is 5.75 Å². The second-order valence-electron chi connectivity index (χ2n) is 4.43. The first-order chi connectivity index (χ1) is 9.06. The second kappa shape index (κ2) is 6.50. The van der Waals surface area contributed by atoms with Crippen molar-refractivity contribution in [3.05, 3.63) is 50.4 Å². The van der Waals surface area contributed by atoms with Crippen LogP contribution in [0.1, 0.15) is 17.4 Å². The Morgan fingerprint density at radius 1 is 1.47 bits per heavy atom. The van der Waals surface area contributed by atoms with Crippen molar-refractivity contribution in [2.24, 2.45) is 5.73 Å². The minimum atomic E-state index is -0.339. The summed E-state index contributed by atoms with van der Waals surface area (Å²) in [6, 6.07) is 6.88. The molecule has 0 aliphatic rings. The standard InChI is InChI=1S/C14H15BrFNOS/c1-9(17)5-10-3-2-4-13(16)14(10)18-7-12-6-11(15)8-19-12/h2-4,6,8-9H,5,7,17H2,1H3. The van der Waals surface area contributed by atoms with E-state index in [4.69, 9.17) is 10.5 Å². The van der Waals surface area contributed by atoms with E-state index in [0.717, 1.165) is 14.9 Å².